The molecule has 4 rings (SSSR count). The first-order chi connectivity index (χ1) is 14.9. The number of carbonyl (C=O) groups is 2. The summed E-state index contributed by atoms with van der Waals surface area (Å²) in [5.41, 5.74) is 2.95. The minimum absolute atomic E-state index is 0.103. The van der Waals surface area contributed by atoms with Gasteiger partial charge in [0.2, 0.25) is 0 Å². The Labute approximate surface area is 189 Å². The van der Waals surface area contributed by atoms with E-state index >= 15 is 0 Å². The number of likely N-dealkylation sites (N-methyl/N-ethyl adjacent to an activating group) is 1. The maximum Gasteiger partial charge on any atom is 0.289 e. The Kier molecular flexibility index (Phi) is 5.89. The maximum absolute atomic E-state index is 12.7. The number of methoxy groups -OCH3 is 1. The monoisotopic (exact) mass is 458 g/mol. The number of imidazole rings is 1. The number of halogens is 2. The molecule has 0 saturated heterocycles. The van der Waals surface area contributed by atoms with Crippen LogP contribution >= 0.6 is 23.2 Å². The van der Waals surface area contributed by atoms with E-state index in [4.69, 9.17) is 27.9 Å². The van der Waals surface area contributed by atoms with E-state index in [1.165, 1.54) is 7.11 Å². The number of ether oxygens (including phenoxy) is 1. The van der Waals surface area contributed by atoms with Crippen LogP contribution in [0.1, 0.15) is 12.5 Å². The van der Waals surface area contributed by atoms with E-state index in [0.717, 1.165) is 16.6 Å². The van der Waals surface area contributed by atoms with Crippen molar-refractivity contribution in [3.8, 4) is 11.4 Å². The van der Waals surface area contributed by atoms with E-state index in [-0.39, 0.29) is 30.7 Å². The van der Waals surface area contributed by atoms with Crippen LogP contribution in [0.2, 0.25) is 10.0 Å². The van der Waals surface area contributed by atoms with E-state index < -0.39 is 0 Å². The Bertz CT molecular complexity index is 1220. The molecule has 0 saturated carbocycles. The van der Waals surface area contributed by atoms with Crippen LogP contribution in [0, 0.1) is 0 Å². The lowest BCUT2D eigenvalue weighted by molar-refractivity contribution is -0.128. The van der Waals surface area contributed by atoms with Gasteiger partial charge in [0.15, 0.2) is 5.76 Å². The number of rotatable bonds is 6. The molecule has 1 N–H and O–H groups in total. The summed E-state index contributed by atoms with van der Waals surface area (Å²) in [5.74, 6) is 0.232. The fraction of sp³-hybridized carbons (Fsp3) is 0.227. The van der Waals surface area contributed by atoms with Crippen molar-refractivity contribution < 1.29 is 14.3 Å². The Hall–Kier alpha value is -3.03. The molecule has 1 aromatic carbocycles. The van der Waals surface area contributed by atoms with E-state index in [1.807, 2.05) is 35.7 Å². The third-order valence-electron chi connectivity index (χ3n) is 5.18. The largest absolute Gasteiger partial charge is 0.491 e. The Morgan fingerprint density at radius 3 is 2.74 bits per heavy atom. The maximum atomic E-state index is 12.7. The van der Waals surface area contributed by atoms with Gasteiger partial charge >= 0.3 is 0 Å². The molecule has 1 aliphatic heterocycles. The van der Waals surface area contributed by atoms with Gasteiger partial charge in [-0.2, -0.15) is 0 Å². The van der Waals surface area contributed by atoms with Crippen LogP contribution in [0.3, 0.4) is 0 Å². The number of carbonyl (C=O) groups excluding carboxylic acids is 2. The zero-order valence-corrected chi connectivity index (χ0v) is 18.5. The van der Waals surface area contributed by atoms with Gasteiger partial charge in [-0.15, -0.1) is 0 Å². The molecule has 3 heterocycles. The number of amides is 2. The third kappa shape index (κ3) is 3.98. The molecular weight excluding hydrogens is 439 g/mol. The lowest BCUT2D eigenvalue weighted by atomic mass is 10.2. The predicted octanol–water partition coefficient (Wildman–Crippen LogP) is 3.69. The fourth-order valence-electron chi connectivity index (χ4n) is 3.52. The fourth-order valence-corrected chi connectivity index (χ4v) is 3.82. The summed E-state index contributed by atoms with van der Waals surface area (Å²) in [5, 5.41) is 3.81. The predicted molar refractivity (Wildman–Crippen MR) is 119 cm³/mol. The second kappa shape index (κ2) is 8.61. The van der Waals surface area contributed by atoms with Gasteiger partial charge in [-0.3, -0.25) is 14.0 Å². The van der Waals surface area contributed by atoms with Gasteiger partial charge in [0.1, 0.15) is 5.82 Å². The second-order valence-electron chi connectivity index (χ2n) is 7.06. The molecule has 160 valence electrons. The van der Waals surface area contributed by atoms with Crippen LogP contribution in [0.25, 0.3) is 16.9 Å². The van der Waals surface area contributed by atoms with Gasteiger partial charge in [-0.1, -0.05) is 29.3 Å². The molecule has 1 aliphatic rings. The summed E-state index contributed by atoms with van der Waals surface area (Å²) in [6.07, 6.45) is 3.67. The van der Waals surface area contributed by atoms with Gasteiger partial charge in [-0.25, -0.2) is 4.98 Å². The van der Waals surface area contributed by atoms with Crippen LogP contribution < -0.4 is 5.32 Å². The number of pyridine rings is 1. The van der Waals surface area contributed by atoms with Crippen molar-refractivity contribution in [3.05, 3.63) is 69.7 Å². The average molecular weight is 459 g/mol. The van der Waals surface area contributed by atoms with E-state index in [1.54, 1.807) is 23.2 Å². The topological polar surface area (TPSA) is 75.9 Å². The minimum Gasteiger partial charge on any atom is -0.491 e. The van der Waals surface area contributed by atoms with Gasteiger partial charge in [0.05, 0.1) is 41.0 Å². The summed E-state index contributed by atoms with van der Waals surface area (Å²) in [4.78, 5) is 31.0. The summed E-state index contributed by atoms with van der Waals surface area (Å²) >= 11 is 12.2. The highest BCUT2D eigenvalue weighted by Crippen LogP contribution is 2.28. The first kappa shape index (κ1) is 21.2. The van der Waals surface area contributed by atoms with E-state index in [2.05, 4.69) is 10.3 Å². The molecule has 0 radical (unpaired) electrons. The highest BCUT2D eigenvalue weighted by Gasteiger charge is 2.34. The molecule has 7 nitrogen and oxygen atoms in total. The molecule has 2 aromatic heterocycles. The quantitative estimate of drug-likeness (QED) is 0.610. The van der Waals surface area contributed by atoms with Crippen molar-refractivity contribution in [1.29, 1.82) is 0 Å². The van der Waals surface area contributed by atoms with Crippen molar-refractivity contribution in [1.82, 2.24) is 19.6 Å². The number of hydrogen-bond donors (Lipinski definition) is 1. The first-order valence-electron chi connectivity index (χ1n) is 9.69. The normalized spacial score (nSPS) is 13.9. The number of aromatic nitrogens is 2. The Morgan fingerprint density at radius 2 is 2.03 bits per heavy atom. The van der Waals surface area contributed by atoms with Crippen molar-refractivity contribution in [3.63, 3.8) is 0 Å². The third-order valence-corrected chi connectivity index (χ3v) is 5.92. The molecule has 9 heteroatoms. The summed E-state index contributed by atoms with van der Waals surface area (Å²) in [6.45, 7) is 2.90. The van der Waals surface area contributed by atoms with Crippen molar-refractivity contribution in [2.45, 2.75) is 13.5 Å². The zero-order chi connectivity index (χ0) is 22.1. The van der Waals surface area contributed by atoms with E-state index in [9.17, 15) is 9.59 Å². The summed E-state index contributed by atoms with van der Waals surface area (Å²) < 4.78 is 7.10. The van der Waals surface area contributed by atoms with Crippen LogP contribution in [-0.4, -0.2) is 46.3 Å². The molecule has 0 fully saturated rings. The number of nitrogens with one attached hydrogen (secondary N) is 1. The van der Waals surface area contributed by atoms with Crippen LogP contribution in [0.4, 0.5) is 0 Å². The SMILES string of the molecule is CCN1CC(C(=O)NCc2ccc3cnc(-c4ccc(Cl)c(Cl)c4)n3c2)=C(OC)C1=O. The lowest BCUT2D eigenvalue weighted by Gasteiger charge is -2.12. The highest BCUT2D eigenvalue weighted by molar-refractivity contribution is 6.42. The molecule has 0 spiro atoms. The molecule has 0 unspecified atom stereocenters. The molecule has 0 aliphatic carbocycles. The Morgan fingerprint density at radius 1 is 1.23 bits per heavy atom. The van der Waals surface area contributed by atoms with Gasteiger partial charge in [-0.05, 0) is 36.8 Å². The van der Waals surface area contributed by atoms with Crippen LogP contribution in [0.15, 0.2) is 54.1 Å². The van der Waals surface area contributed by atoms with Crippen LogP contribution in [0.5, 0.6) is 0 Å². The smallest absolute Gasteiger partial charge is 0.289 e. The second-order valence-corrected chi connectivity index (χ2v) is 7.87. The molecule has 2 amide bonds. The average Bonchev–Trinajstić information content (AvgIpc) is 3.34. The van der Waals surface area contributed by atoms with Crippen molar-refractivity contribution in [2.75, 3.05) is 20.2 Å². The summed E-state index contributed by atoms with van der Waals surface area (Å²) in [6, 6.07) is 9.19. The highest BCUT2D eigenvalue weighted by atomic mass is 35.5. The van der Waals surface area contributed by atoms with Crippen molar-refractivity contribution >= 4 is 40.5 Å². The molecule has 3 aromatic rings. The number of hydrogen-bond acceptors (Lipinski definition) is 4. The summed E-state index contributed by atoms with van der Waals surface area (Å²) in [7, 11) is 1.40. The first-order valence-corrected chi connectivity index (χ1v) is 10.4. The number of nitrogens with zero attached hydrogens (tertiary/aromatic N) is 3. The molecule has 0 bridgehead atoms. The van der Waals surface area contributed by atoms with Crippen LogP contribution in [-0.2, 0) is 20.9 Å². The number of benzene rings is 1. The van der Waals surface area contributed by atoms with Gasteiger partial charge < -0.3 is 15.0 Å². The molecule has 31 heavy (non-hydrogen) atoms. The Balaban J connectivity index is 1.56. The lowest BCUT2D eigenvalue weighted by Crippen LogP contribution is -2.29. The van der Waals surface area contributed by atoms with Crippen molar-refractivity contribution in [2.24, 2.45) is 0 Å². The standard InChI is InChI=1S/C22H20Cl2N4O3/c1-3-27-12-16(19(31-2)22(27)30)21(29)26-9-13-4-6-15-10-25-20(28(15)11-13)14-5-7-17(23)18(24)8-14/h4-8,10-11H,3,9,12H2,1-2H3,(H,26,29). The molecule has 0 atom stereocenters. The molecular formula is C22H20Cl2N4O3. The zero-order valence-electron chi connectivity index (χ0n) is 17.0. The number of fused-ring (bicyclic) bond motifs is 1. The van der Waals surface area contributed by atoms with Gasteiger partial charge in [0.25, 0.3) is 11.8 Å². The van der Waals surface area contributed by atoms with Gasteiger partial charge in [0, 0.05) is 24.8 Å². The minimum atomic E-state index is -0.323. The van der Waals surface area contributed by atoms with E-state index in [0.29, 0.717) is 28.0 Å².